The first-order valence-corrected chi connectivity index (χ1v) is 16.0. The maximum Gasteiger partial charge on any atom is 0.254 e. The number of Topliss-reactive ketones (excluding diaryl/α,β-unsaturated/α-hetero) is 1. The number of fused-ring (bicyclic) bond motifs is 5. The number of aromatic hydroxyl groups is 1. The van der Waals surface area contributed by atoms with Crippen LogP contribution < -0.4 is 4.90 Å². The number of carbonyl (C=O) groups excluding carboxylic acids is 5. The number of halogens is 3. The molecular weight excluding hydrogens is 671 g/mol. The van der Waals surface area contributed by atoms with Crippen LogP contribution >= 0.6 is 39.1 Å². The smallest absolute Gasteiger partial charge is 0.254 e. The molecule has 1 N–H and O–H groups in total. The van der Waals surface area contributed by atoms with Crippen molar-refractivity contribution in [1.82, 2.24) is 4.90 Å². The molecule has 44 heavy (non-hydrogen) atoms. The van der Waals surface area contributed by atoms with Gasteiger partial charge in [0.05, 0.1) is 23.0 Å². The first-order valence-electron chi connectivity index (χ1n) is 14.1. The van der Waals surface area contributed by atoms with Crippen LogP contribution in [-0.4, -0.2) is 54.6 Å². The maximum atomic E-state index is 14.2. The topological polar surface area (TPSA) is 112 Å². The molecule has 4 amide bonds. The number of phenols is 1. The van der Waals surface area contributed by atoms with Crippen LogP contribution in [0.25, 0.3) is 10.8 Å². The fourth-order valence-electron chi connectivity index (χ4n) is 7.76. The van der Waals surface area contributed by atoms with E-state index in [9.17, 15) is 29.1 Å². The van der Waals surface area contributed by atoms with Gasteiger partial charge in [0.25, 0.3) is 11.8 Å². The molecule has 0 aromatic heterocycles. The van der Waals surface area contributed by atoms with Crippen molar-refractivity contribution >= 4 is 85.0 Å². The van der Waals surface area contributed by atoms with Crippen LogP contribution in [0.3, 0.4) is 0 Å². The molecule has 6 atom stereocenters. The minimum absolute atomic E-state index is 0.130. The van der Waals surface area contributed by atoms with E-state index in [0.717, 1.165) is 15.2 Å². The first-order chi connectivity index (χ1) is 21.0. The number of rotatable bonds is 4. The molecule has 3 aromatic carbocycles. The highest BCUT2D eigenvalue weighted by Crippen LogP contribution is 2.66. The largest absolute Gasteiger partial charge is 0.508 e. The second-order valence-corrected chi connectivity index (χ2v) is 13.6. The Labute approximate surface area is 270 Å². The van der Waals surface area contributed by atoms with Crippen molar-refractivity contribution < 1.29 is 29.1 Å². The van der Waals surface area contributed by atoms with Crippen LogP contribution in [0, 0.1) is 17.8 Å². The van der Waals surface area contributed by atoms with Crippen LogP contribution in [0.1, 0.15) is 41.6 Å². The summed E-state index contributed by atoms with van der Waals surface area (Å²) in [6.07, 6.45) is 1.87. The highest BCUT2D eigenvalue weighted by molar-refractivity contribution is 9.09. The zero-order valence-corrected chi connectivity index (χ0v) is 26.4. The molecule has 2 aliphatic heterocycles. The van der Waals surface area contributed by atoms with Gasteiger partial charge in [-0.15, -0.1) is 23.2 Å². The van der Waals surface area contributed by atoms with Crippen LogP contribution in [0.4, 0.5) is 5.69 Å². The Morgan fingerprint density at radius 1 is 0.955 bits per heavy atom. The summed E-state index contributed by atoms with van der Waals surface area (Å²) in [5.74, 6) is -5.94. The number of alkyl halides is 3. The number of ketones is 1. The third-order valence-electron chi connectivity index (χ3n) is 9.78. The molecule has 2 aliphatic carbocycles. The summed E-state index contributed by atoms with van der Waals surface area (Å²) in [4.78, 5) is 65.9. The average Bonchev–Trinajstić information content (AvgIpc) is 3.35. The third-order valence-corrected chi connectivity index (χ3v) is 11.7. The van der Waals surface area contributed by atoms with Crippen molar-refractivity contribution in [2.75, 3.05) is 10.4 Å². The summed E-state index contributed by atoms with van der Waals surface area (Å²) in [5, 5.41) is 12.8. The van der Waals surface area contributed by atoms with E-state index < -0.39 is 57.0 Å². The highest BCUT2D eigenvalue weighted by atomic mass is 79.9. The second-order valence-electron chi connectivity index (χ2n) is 11.8. The lowest BCUT2D eigenvalue weighted by Gasteiger charge is -2.51. The molecule has 2 saturated heterocycles. The predicted octanol–water partition coefficient (Wildman–Crippen LogP) is 5.66. The zero-order chi connectivity index (χ0) is 31.3. The van der Waals surface area contributed by atoms with Gasteiger partial charge in [0, 0.05) is 17.0 Å². The molecule has 8 nitrogen and oxygen atoms in total. The number of anilines is 1. The number of hydrogen-bond donors (Lipinski definition) is 1. The lowest BCUT2D eigenvalue weighted by molar-refractivity contribution is -0.138. The minimum Gasteiger partial charge on any atom is -0.508 e. The van der Waals surface area contributed by atoms with E-state index in [4.69, 9.17) is 23.2 Å². The SMILES string of the molecule is CC(=O)c1ccc(N2C(=O)[C@H]3[C@H](CC=C4[C@H]3C[C@@]3(Cl)C(=O)N(CBr)C(=O)[C@@]3(Cl)[C@H]4c3c(O)ccc4ccccc34)C2=O)cc1. The van der Waals surface area contributed by atoms with E-state index in [0.29, 0.717) is 27.8 Å². The lowest BCUT2D eigenvalue weighted by Crippen LogP contribution is -2.60. The molecule has 0 radical (unpaired) electrons. The number of imide groups is 2. The van der Waals surface area contributed by atoms with Gasteiger partial charge in [-0.3, -0.25) is 33.8 Å². The molecule has 0 bridgehead atoms. The summed E-state index contributed by atoms with van der Waals surface area (Å²) >= 11 is 17.9. The summed E-state index contributed by atoms with van der Waals surface area (Å²) in [7, 11) is 0. The Bertz CT molecular complexity index is 1860. The number of benzene rings is 3. The Morgan fingerprint density at radius 3 is 2.34 bits per heavy atom. The number of nitrogens with zero attached hydrogens (tertiary/aromatic N) is 2. The number of amides is 4. The van der Waals surface area contributed by atoms with Crippen LogP contribution in [-0.2, 0) is 19.2 Å². The molecule has 224 valence electrons. The van der Waals surface area contributed by atoms with Gasteiger partial charge in [0.2, 0.25) is 11.8 Å². The van der Waals surface area contributed by atoms with Crippen molar-refractivity contribution in [2.45, 2.75) is 35.4 Å². The molecule has 3 fully saturated rings. The Morgan fingerprint density at radius 2 is 1.66 bits per heavy atom. The standard InChI is InChI=1S/C33H25BrCl2N2O6/c1-16(39)17-6-9-19(10-7-17)38-28(41)22-12-11-21-23(25(22)29(38)42)14-32(35)30(43)37(15-34)31(44)33(32,36)27(21)26-20-5-3-2-4-18(20)8-13-24(26)40/h2-11,13,22-23,25,27,40H,12,14-15H2,1H3/t22-,23+,25-,27+,32+,33-/m0/s1. The maximum absolute atomic E-state index is 14.2. The number of likely N-dealkylation sites (tertiary alicyclic amines) is 1. The molecular formula is C33H25BrCl2N2O6. The molecule has 0 spiro atoms. The van der Waals surface area contributed by atoms with Gasteiger partial charge in [-0.25, -0.2) is 0 Å². The van der Waals surface area contributed by atoms with Gasteiger partial charge >= 0.3 is 0 Å². The molecule has 3 aromatic rings. The van der Waals surface area contributed by atoms with Gasteiger partial charge in [-0.1, -0.05) is 57.9 Å². The second kappa shape index (κ2) is 9.99. The number of hydrogen-bond acceptors (Lipinski definition) is 6. The average molecular weight is 696 g/mol. The molecule has 4 aliphatic rings. The fraction of sp³-hybridized carbons (Fsp3) is 0.303. The highest BCUT2D eigenvalue weighted by Gasteiger charge is 2.76. The molecule has 2 heterocycles. The van der Waals surface area contributed by atoms with Crippen molar-refractivity contribution in [3.05, 3.63) is 83.4 Å². The van der Waals surface area contributed by atoms with Gasteiger partial charge < -0.3 is 5.11 Å². The van der Waals surface area contributed by atoms with Gasteiger partial charge in [-0.05, 0) is 66.8 Å². The van der Waals surface area contributed by atoms with Crippen molar-refractivity contribution in [3.63, 3.8) is 0 Å². The number of carbonyl (C=O) groups is 5. The normalized spacial score (nSPS) is 31.2. The van der Waals surface area contributed by atoms with Crippen molar-refractivity contribution in [3.8, 4) is 5.75 Å². The summed E-state index contributed by atoms with van der Waals surface area (Å²) in [6.45, 7) is 1.43. The quantitative estimate of drug-likeness (QED) is 0.124. The van der Waals surface area contributed by atoms with E-state index >= 15 is 0 Å². The number of allylic oxidation sites excluding steroid dienone is 2. The van der Waals surface area contributed by atoms with E-state index in [1.54, 1.807) is 42.5 Å². The summed E-state index contributed by atoms with van der Waals surface area (Å²) < 4.78 is 0. The summed E-state index contributed by atoms with van der Waals surface area (Å²) in [6, 6.07) is 16.8. The molecule has 7 rings (SSSR count). The molecule has 11 heteroatoms. The Kier molecular flexibility index (Phi) is 6.63. The zero-order valence-electron chi connectivity index (χ0n) is 23.3. The molecule has 0 unspecified atom stereocenters. The Balaban J connectivity index is 1.42. The van der Waals surface area contributed by atoms with Crippen LogP contribution in [0.15, 0.2) is 72.3 Å². The Hall–Kier alpha value is -3.53. The monoisotopic (exact) mass is 694 g/mol. The fourth-order valence-corrected chi connectivity index (χ4v) is 9.17. The number of phenolic OH excluding ortho intramolecular Hbond substituents is 1. The van der Waals surface area contributed by atoms with E-state index in [1.807, 2.05) is 18.2 Å². The van der Waals surface area contributed by atoms with E-state index in [1.165, 1.54) is 13.0 Å². The van der Waals surface area contributed by atoms with Crippen LogP contribution in [0.2, 0.25) is 0 Å². The third kappa shape index (κ3) is 3.66. The van der Waals surface area contributed by atoms with Crippen molar-refractivity contribution in [2.24, 2.45) is 17.8 Å². The van der Waals surface area contributed by atoms with Gasteiger partial charge in [0.15, 0.2) is 15.5 Å². The van der Waals surface area contributed by atoms with E-state index in [-0.39, 0.29) is 29.8 Å². The molecule has 1 saturated carbocycles. The summed E-state index contributed by atoms with van der Waals surface area (Å²) in [5.41, 5.74) is 1.58. The van der Waals surface area contributed by atoms with Crippen LogP contribution in [0.5, 0.6) is 5.75 Å². The minimum atomic E-state index is -2.02. The van der Waals surface area contributed by atoms with Gasteiger partial charge in [0.1, 0.15) is 5.75 Å². The first kappa shape index (κ1) is 29.2. The van der Waals surface area contributed by atoms with Gasteiger partial charge in [-0.2, -0.15) is 0 Å². The predicted molar refractivity (Wildman–Crippen MR) is 168 cm³/mol. The lowest BCUT2D eigenvalue weighted by atomic mass is 9.56. The van der Waals surface area contributed by atoms with E-state index in [2.05, 4.69) is 15.9 Å². The van der Waals surface area contributed by atoms with Crippen molar-refractivity contribution in [1.29, 1.82) is 0 Å².